The summed E-state index contributed by atoms with van der Waals surface area (Å²) in [4.78, 5) is 23.2. The van der Waals surface area contributed by atoms with E-state index in [0.717, 1.165) is 10.3 Å². The number of ether oxygens (including phenoxy) is 1. The summed E-state index contributed by atoms with van der Waals surface area (Å²) in [5.41, 5.74) is -0.873. The van der Waals surface area contributed by atoms with Crippen LogP contribution in [0, 0.1) is 0 Å². The summed E-state index contributed by atoms with van der Waals surface area (Å²) in [6, 6.07) is 4.72. The lowest BCUT2D eigenvalue weighted by molar-refractivity contribution is -0.169. The molecular formula is C22H21Cl2F3N4O2S. The molecule has 3 heterocycles. The van der Waals surface area contributed by atoms with E-state index < -0.39 is 30.1 Å². The monoisotopic (exact) mass is 532 g/mol. The number of alkyl halides is 3. The van der Waals surface area contributed by atoms with Gasteiger partial charge in [0.25, 0.3) is 0 Å². The second-order valence-electron chi connectivity index (χ2n) is 7.96. The van der Waals surface area contributed by atoms with Crippen LogP contribution in [0.5, 0.6) is 0 Å². The summed E-state index contributed by atoms with van der Waals surface area (Å²) >= 11 is 13.3. The minimum absolute atomic E-state index is 0.0146. The molecule has 0 amide bonds. The molecule has 1 saturated heterocycles. The Morgan fingerprint density at radius 2 is 2.12 bits per heavy atom. The zero-order chi connectivity index (χ0) is 24.5. The van der Waals surface area contributed by atoms with Crippen molar-refractivity contribution in [3.05, 3.63) is 51.5 Å². The highest BCUT2D eigenvalue weighted by Gasteiger charge is 2.55. The fourth-order valence-electron chi connectivity index (χ4n) is 4.04. The van der Waals surface area contributed by atoms with Gasteiger partial charge in [-0.3, -0.25) is 10.1 Å². The number of anilines is 1. The molecule has 1 aliphatic rings. The number of hydrogen-bond donors (Lipinski definition) is 1. The van der Waals surface area contributed by atoms with Gasteiger partial charge in [-0.1, -0.05) is 29.3 Å². The molecular weight excluding hydrogens is 512 g/mol. The van der Waals surface area contributed by atoms with Crippen molar-refractivity contribution < 1.29 is 22.7 Å². The number of thiophene rings is 1. The topological polar surface area (TPSA) is 67.3 Å². The highest BCUT2D eigenvalue weighted by Crippen LogP contribution is 2.39. The Labute approximate surface area is 208 Å². The van der Waals surface area contributed by atoms with E-state index in [1.165, 1.54) is 17.5 Å². The lowest BCUT2D eigenvalue weighted by Gasteiger charge is -2.45. The predicted molar refractivity (Wildman–Crippen MR) is 127 cm³/mol. The Morgan fingerprint density at radius 1 is 1.32 bits per heavy atom. The first-order valence-corrected chi connectivity index (χ1v) is 12.2. The number of carbonyl (C=O) groups excluding carboxylic acids is 1. The molecule has 3 aromatic rings. The largest absolute Gasteiger partial charge is 0.465 e. The van der Waals surface area contributed by atoms with Crippen LogP contribution in [-0.4, -0.2) is 46.8 Å². The average molecular weight is 533 g/mol. The molecule has 182 valence electrons. The van der Waals surface area contributed by atoms with Crippen molar-refractivity contribution in [3.8, 4) is 0 Å². The van der Waals surface area contributed by atoms with E-state index in [-0.39, 0.29) is 32.1 Å². The summed E-state index contributed by atoms with van der Waals surface area (Å²) in [6.45, 7) is 1.69. The van der Waals surface area contributed by atoms with Gasteiger partial charge in [0.05, 0.1) is 16.7 Å². The maximum Gasteiger partial charge on any atom is 0.408 e. The number of halogens is 5. The second kappa shape index (κ2) is 9.85. The molecule has 34 heavy (non-hydrogen) atoms. The van der Waals surface area contributed by atoms with Crippen LogP contribution >= 0.6 is 34.5 Å². The number of rotatable bonds is 6. The van der Waals surface area contributed by atoms with E-state index in [4.69, 9.17) is 27.9 Å². The van der Waals surface area contributed by atoms with E-state index in [0.29, 0.717) is 20.4 Å². The molecule has 6 nitrogen and oxygen atoms in total. The van der Waals surface area contributed by atoms with Crippen molar-refractivity contribution in [2.75, 3.05) is 18.1 Å². The van der Waals surface area contributed by atoms with Crippen molar-refractivity contribution in [2.45, 2.75) is 44.1 Å². The highest BCUT2D eigenvalue weighted by molar-refractivity contribution is 7.16. The molecule has 0 radical (unpaired) electrons. The minimum atomic E-state index is -4.63. The summed E-state index contributed by atoms with van der Waals surface area (Å²) in [7, 11) is 0. The number of aromatic nitrogens is 2. The average Bonchev–Trinajstić information content (AvgIpc) is 3.27. The van der Waals surface area contributed by atoms with Gasteiger partial charge in [0.2, 0.25) is 5.95 Å². The van der Waals surface area contributed by atoms with Gasteiger partial charge in [0.1, 0.15) is 16.4 Å². The van der Waals surface area contributed by atoms with E-state index >= 15 is 0 Å². The summed E-state index contributed by atoms with van der Waals surface area (Å²) < 4.78 is 48.0. The number of nitrogens with zero attached hydrogens (tertiary/aromatic N) is 3. The third kappa shape index (κ3) is 5.10. The molecule has 0 aliphatic carbocycles. The molecule has 1 aliphatic heterocycles. The zero-order valence-corrected chi connectivity index (χ0v) is 20.4. The number of nitrogens with one attached hydrogen (secondary N) is 1. The van der Waals surface area contributed by atoms with Crippen molar-refractivity contribution in [3.63, 3.8) is 0 Å². The fourth-order valence-corrected chi connectivity index (χ4v) is 5.09. The lowest BCUT2D eigenvalue weighted by atomic mass is 9.82. The molecule has 4 rings (SSSR count). The highest BCUT2D eigenvalue weighted by atomic mass is 35.5. The smallest absolute Gasteiger partial charge is 0.408 e. The molecule has 2 atom stereocenters. The fraction of sp³-hybridized carbons (Fsp3) is 0.409. The van der Waals surface area contributed by atoms with Gasteiger partial charge in [-0.05, 0) is 42.5 Å². The molecule has 0 saturated carbocycles. The van der Waals surface area contributed by atoms with E-state index in [1.54, 1.807) is 36.6 Å². The van der Waals surface area contributed by atoms with Gasteiger partial charge in [0, 0.05) is 31.1 Å². The van der Waals surface area contributed by atoms with Crippen LogP contribution in [0.4, 0.5) is 19.1 Å². The predicted octanol–water partition coefficient (Wildman–Crippen LogP) is 5.62. The third-order valence-electron chi connectivity index (χ3n) is 5.81. The van der Waals surface area contributed by atoms with Crippen LogP contribution in [0.3, 0.4) is 0 Å². The van der Waals surface area contributed by atoms with Gasteiger partial charge in [0.15, 0.2) is 0 Å². The van der Waals surface area contributed by atoms with Crippen LogP contribution in [-0.2, 0) is 16.1 Å². The van der Waals surface area contributed by atoms with Gasteiger partial charge in [-0.25, -0.2) is 9.97 Å². The van der Waals surface area contributed by atoms with Gasteiger partial charge >= 0.3 is 12.1 Å². The first kappa shape index (κ1) is 25.0. The summed E-state index contributed by atoms with van der Waals surface area (Å²) in [5, 5.41) is 6.28. The second-order valence-corrected chi connectivity index (χ2v) is 9.67. The standard InChI is InChI=1S/C22H21Cl2F3N4O2S/c1-2-33-19(32)21(29-11-13-3-4-15(23)16(24)9-13)6-7-31(17(10-21)22(25,26)27)20-28-12-14-5-8-34-18(14)30-20/h3-5,8-9,12,17,29H,2,6-7,10-11H2,1H3. The third-order valence-corrected chi connectivity index (χ3v) is 7.37. The zero-order valence-electron chi connectivity index (χ0n) is 18.0. The van der Waals surface area contributed by atoms with Crippen LogP contribution in [0.15, 0.2) is 35.8 Å². The number of hydrogen-bond acceptors (Lipinski definition) is 7. The maximum absolute atomic E-state index is 14.3. The van der Waals surface area contributed by atoms with Crippen molar-refractivity contribution in [2.24, 2.45) is 0 Å². The normalized spacial score (nSPS) is 21.1. The summed E-state index contributed by atoms with van der Waals surface area (Å²) in [5.74, 6) is -0.738. The van der Waals surface area contributed by atoms with Crippen LogP contribution in [0.25, 0.3) is 10.2 Å². The van der Waals surface area contributed by atoms with E-state index in [9.17, 15) is 18.0 Å². The maximum atomic E-state index is 14.3. The molecule has 2 unspecified atom stereocenters. The first-order valence-electron chi connectivity index (χ1n) is 10.5. The molecule has 12 heteroatoms. The van der Waals surface area contributed by atoms with Crippen molar-refractivity contribution in [1.82, 2.24) is 15.3 Å². The SMILES string of the molecule is CCOC(=O)C1(NCc2ccc(Cl)c(Cl)c2)CCN(c2ncc3ccsc3n2)C(C(F)(F)F)C1. The number of piperidine rings is 1. The van der Waals surface area contributed by atoms with Gasteiger partial charge < -0.3 is 9.64 Å². The molecule has 0 bridgehead atoms. The molecule has 1 aromatic carbocycles. The number of carbonyl (C=O) groups is 1. The van der Waals surface area contributed by atoms with Crippen LogP contribution < -0.4 is 10.2 Å². The van der Waals surface area contributed by atoms with Crippen LogP contribution in [0.1, 0.15) is 25.3 Å². The Balaban J connectivity index is 1.64. The van der Waals surface area contributed by atoms with Crippen molar-refractivity contribution in [1.29, 1.82) is 0 Å². The Bertz CT molecular complexity index is 1190. The lowest BCUT2D eigenvalue weighted by Crippen LogP contribution is -2.65. The number of esters is 1. The molecule has 1 N–H and O–H groups in total. The number of benzene rings is 1. The van der Waals surface area contributed by atoms with E-state index in [1.807, 2.05) is 0 Å². The van der Waals surface area contributed by atoms with Gasteiger partial charge in [-0.2, -0.15) is 13.2 Å². The Hall–Kier alpha value is -2.14. The molecule has 0 spiro atoms. The van der Waals surface area contributed by atoms with Gasteiger partial charge in [-0.15, -0.1) is 11.3 Å². The quantitative estimate of drug-likeness (QED) is 0.415. The molecule has 1 fully saturated rings. The Morgan fingerprint density at radius 3 is 2.82 bits per heavy atom. The van der Waals surface area contributed by atoms with E-state index in [2.05, 4.69) is 15.3 Å². The summed E-state index contributed by atoms with van der Waals surface area (Å²) in [6.07, 6.45) is -3.59. The first-order chi connectivity index (χ1) is 16.1. The minimum Gasteiger partial charge on any atom is -0.465 e. The Kier molecular flexibility index (Phi) is 7.23. The number of fused-ring (bicyclic) bond motifs is 1. The van der Waals surface area contributed by atoms with Crippen molar-refractivity contribution >= 4 is 56.7 Å². The molecule has 2 aromatic heterocycles. The van der Waals surface area contributed by atoms with Crippen LogP contribution in [0.2, 0.25) is 10.0 Å².